The van der Waals surface area contributed by atoms with Crippen LogP contribution in [0.15, 0.2) is 253 Å². The average Bonchev–Trinajstić information content (AvgIpc) is 3.76. The normalized spacial score (nSPS) is 11.4. The van der Waals surface area contributed by atoms with Gasteiger partial charge in [-0.25, -0.2) is 0 Å². The molecule has 0 saturated carbocycles. The van der Waals surface area contributed by atoms with Gasteiger partial charge in [0.1, 0.15) is 11.2 Å². The predicted molar refractivity (Wildman–Crippen MR) is 271 cm³/mol. The molecular weight excluding hydrogens is 775 g/mol. The van der Waals surface area contributed by atoms with Crippen molar-refractivity contribution in [2.75, 3.05) is 4.90 Å². The van der Waals surface area contributed by atoms with Crippen LogP contribution in [0.3, 0.4) is 0 Å². The van der Waals surface area contributed by atoms with Crippen LogP contribution in [0.5, 0.6) is 0 Å². The molecule has 1 aromatic heterocycles. The molecule has 0 aliphatic heterocycles. The lowest BCUT2D eigenvalue weighted by Crippen LogP contribution is -2.13. The minimum Gasteiger partial charge on any atom is -0.456 e. The van der Waals surface area contributed by atoms with E-state index in [2.05, 4.69) is 248 Å². The maximum Gasteiger partial charge on any atom is 0.136 e. The molecule has 2 nitrogen and oxygen atoms in total. The number of nitrogens with zero attached hydrogens (tertiary/aromatic N) is 1. The standard InChI is InChI=1S/C62H41NO/c1-3-18-43(19-4-1)51-39-38-47(50-31-14-23-42-22-7-8-28-49(42)50)41-58(51)63(48-27-13-26-46(40-48)53-33-17-37-60-62(53)56-30-10-12-36-59(56)64-60)57-35-11-9-29-54(57)55-34-16-25-45-24-15-32-52(61(45)55)44-20-5-2-6-21-44/h1-41H. The van der Waals surface area contributed by atoms with Gasteiger partial charge < -0.3 is 9.32 Å². The molecule has 11 aromatic carbocycles. The summed E-state index contributed by atoms with van der Waals surface area (Å²) in [5, 5.41) is 7.10. The fraction of sp³-hybridized carbons (Fsp3) is 0. The van der Waals surface area contributed by atoms with Crippen molar-refractivity contribution in [1.82, 2.24) is 0 Å². The van der Waals surface area contributed by atoms with E-state index in [1.165, 1.54) is 43.8 Å². The van der Waals surface area contributed by atoms with E-state index in [4.69, 9.17) is 4.42 Å². The number of anilines is 3. The van der Waals surface area contributed by atoms with E-state index in [-0.39, 0.29) is 0 Å². The molecule has 300 valence electrons. The number of rotatable bonds is 8. The fourth-order valence-electron chi connectivity index (χ4n) is 9.78. The minimum absolute atomic E-state index is 0.880. The molecule has 0 aliphatic rings. The maximum absolute atomic E-state index is 6.41. The Morgan fingerprint density at radius 3 is 1.61 bits per heavy atom. The third kappa shape index (κ3) is 6.44. The van der Waals surface area contributed by atoms with Gasteiger partial charge in [0, 0.05) is 27.6 Å². The first-order valence-corrected chi connectivity index (χ1v) is 21.9. The van der Waals surface area contributed by atoms with Gasteiger partial charge in [-0.3, -0.25) is 0 Å². The number of benzene rings is 11. The highest BCUT2D eigenvalue weighted by molar-refractivity contribution is 6.13. The molecular formula is C62H41NO. The third-order valence-corrected chi connectivity index (χ3v) is 12.7. The number of fused-ring (bicyclic) bond motifs is 5. The largest absolute Gasteiger partial charge is 0.456 e. The Balaban J connectivity index is 1.16. The summed E-state index contributed by atoms with van der Waals surface area (Å²) in [6, 6.07) is 89.9. The molecule has 2 heteroatoms. The molecule has 0 amide bonds. The van der Waals surface area contributed by atoms with E-state index >= 15 is 0 Å². The van der Waals surface area contributed by atoms with Crippen LogP contribution in [-0.4, -0.2) is 0 Å². The molecule has 12 aromatic rings. The zero-order valence-corrected chi connectivity index (χ0v) is 35.0. The van der Waals surface area contributed by atoms with E-state index in [1.807, 2.05) is 6.07 Å². The van der Waals surface area contributed by atoms with Gasteiger partial charge in [-0.05, 0) is 102 Å². The van der Waals surface area contributed by atoms with Crippen molar-refractivity contribution in [3.05, 3.63) is 249 Å². The first-order valence-electron chi connectivity index (χ1n) is 21.9. The van der Waals surface area contributed by atoms with Crippen LogP contribution < -0.4 is 4.90 Å². The number of furan rings is 1. The summed E-state index contributed by atoms with van der Waals surface area (Å²) in [5.74, 6) is 0. The quantitative estimate of drug-likeness (QED) is 0.152. The third-order valence-electron chi connectivity index (χ3n) is 12.7. The summed E-state index contributed by atoms with van der Waals surface area (Å²) < 4.78 is 6.41. The highest BCUT2D eigenvalue weighted by Gasteiger charge is 2.24. The second-order valence-electron chi connectivity index (χ2n) is 16.4. The van der Waals surface area contributed by atoms with Crippen LogP contribution in [0.4, 0.5) is 17.1 Å². The topological polar surface area (TPSA) is 16.4 Å². The summed E-state index contributed by atoms with van der Waals surface area (Å²) in [6.07, 6.45) is 0. The number of hydrogen-bond acceptors (Lipinski definition) is 2. The molecule has 0 aliphatic carbocycles. The highest BCUT2D eigenvalue weighted by atomic mass is 16.3. The summed E-state index contributed by atoms with van der Waals surface area (Å²) in [6.45, 7) is 0. The average molecular weight is 816 g/mol. The predicted octanol–water partition coefficient (Wildman–Crippen LogP) is 17.7. The van der Waals surface area contributed by atoms with Gasteiger partial charge in [0.25, 0.3) is 0 Å². The fourth-order valence-corrected chi connectivity index (χ4v) is 9.78. The van der Waals surface area contributed by atoms with E-state index < -0.39 is 0 Å². The Hall–Kier alpha value is -8.46. The van der Waals surface area contributed by atoms with Crippen molar-refractivity contribution in [3.63, 3.8) is 0 Å². The highest BCUT2D eigenvalue weighted by Crippen LogP contribution is 2.49. The van der Waals surface area contributed by atoms with Crippen molar-refractivity contribution in [2.24, 2.45) is 0 Å². The monoisotopic (exact) mass is 815 g/mol. The van der Waals surface area contributed by atoms with Crippen LogP contribution in [-0.2, 0) is 0 Å². The molecule has 12 rings (SSSR count). The summed E-state index contributed by atoms with van der Waals surface area (Å²) in [7, 11) is 0. The Labute approximate surface area is 372 Å². The van der Waals surface area contributed by atoms with Crippen LogP contribution >= 0.6 is 0 Å². The van der Waals surface area contributed by atoms with Crippen LogP contribution in [0.1, 0.15) is 0 Å². The number of hydrogen-bond donors (Lipinski definition) is 0. The van der Waals surface area contributed by atoms with Crippen molar-refractivity contribution in [1.29, 1.82) is 0 Å². The molecule has 0 fully saturated rings. The minimum atomic E-state index is 0.880. The summed E-state index contributed by atoms with van der Waals surface area (Å²) in [5.41, 5.74) is 16.6. The van der Waals surface area contributed by atoms with E-state index in [1.54, 1.807) is 0 Å². The Morgan fingerprint density at radius 1 is 0.266 bits per heavy atom. The van der Waals surface area contributed by atoms with Crippen LogP contribution in [0.25, 0.3) is 99.1 Å². The molecule has 0 saturated heterocycles. The molecule has 0 bridgehead atoms. The zero-order chi connectivity index (χ0) is 42.4. The van der Waals surface area contributed by atoms with Gasteiger partial charge in [0.05, 0.1) is 11.4 Å². The van der Waals surface area contributed by atoms with E-state index in [0.29, 0.717) is 0 Å². The van der Waals surface area contributed by atoms with Crippen molar-refractivity contribution < 1.29 is 4.42 Å². The van der Waals surface area contributed by atoms with Crippen molar-refractivity contribution >= 4 is 60.5 Å². The first-order chi connectivity index (χ1) is 31.8. The van der Waals surface area contributed by atoms with Gasteiger partial charge in [-0.2, -0.15) is 0 Å². The molecule has 64 heavy (non-hydrogen) atoms. The molecule has 0 unspecified atom stereocenters. The smallest absolute Gasteiger partial charge is 0.136 e. The van der Waals surface area contributed by atoms with Gasteiger partial charge in [0.15, 0.2) is 0 Å². The Bertz CT molecular complexity index is 3670. The van der Waals surface area contributed by atoms with Crippen molar-refractivity contribution in [3.8, 4) is 55.6 Å². The van der Waals surface area contributed by atoms with Crippen LogP contribution in [0.2, 0.25) is 0 Å². The maximum atomic E-state index is 6.41. The van der Waals surface area contributed by atoms with Gasteiger partial charge in [-0.1, -0.05) is 212 Å². The Morgan fingerprint density at radius 2 is 0.797 bits per heavy atom. The first kappa shape index (κ1) is 37.3. The van der Waals surface area contributed by atoms with Gasteiger partial charge in [0.2, 0.25) is 0 Å². The zero-order valence-electron chi connectivity index (χ0n) is 35.0. The lowest BCUT2D eigenvalue weighted by atomic mass is 9.90. The second-order valence-corrected chi connectivity index (χ2v) is 16.4. The van der Waals surface area contributed by atoms with Gasteiger partial charge >= 0.3 is 0 Å². The van der Waals surface area contributed by atoms with E-state index in [9.17, 15) is 0 Å². The summed E-state index contributed by atoms with van der Waals surface area (Å²) in [4.78, 5) is 2.49. The molecule has 0 N–H and O–H groups in total. The SMILES string of the molecule is c1ccc(-c2ccc(-c3cccc4ccccc34)cc2N(c2cccc(-c3cccc4oc5ccccc5c34)c2)c2ccccc2-c2cccc3cccc(-c4ccccc4)c23)cc1. The lowest BCUT2D eigenvalue weighted by molar-refractivity contribution is 0.669. The molecule has 0 spiro atoms. The summed E-state index contributed by atoms with van der Waals surface area (Å²) >= 11 is 0. The number of para-hydroxylation sites is 2. The van der Waals surface area contributed by atoms with Crippen molar-refractivity contribution in [2.45, 2.75) is 0 Å². The molecule has 0 radical (unpaired) electrons. The van der Waals surface area contributed by atoms with E-state index in [0.717, 1.165) is 72.4 Å². The molecule has 1 heterocycles. The Kier molecular flexibility index (Phi) is 9.20. The van der Waals surface area contributed by atoms with Gasteiger partial charge in [-0.15, -0.1) is 0 Å². The lowest BCUT2D eigenvalue weighted by Gasteiger charge is -2.31. The van der Waals surface area contributed by atoms with Crippen LogP contribution in [0, 0.1) is 0 Å². The molecule has 0 atom stereocenters. The second kappa shape index (κ2) is 15.8.